The van der Waals surface area contributed by atoms with Crippen LogP contribution in [-0.4, -0.2) is 22.3 Å². The van der Waals surface area contributed by atoms with Crippen LogP contribution >= 0.6 is 0 Å². The van der Waals surface area contributed by atoms with Crippen LogP contribution in [0, 0.1) is 11.3 Å². The van der Waals surface area contributed by atoms with Gasteiger partial charge in [0.2, 0.25) is 0 Å². The van der Waals surface area contributed by atoms with Crippen molar-refractivity contribution in [3.63, 3.8) is 0 Å². The molecule has 5 heteroatoms. The molecule has 0 spiro atoms. The van der Waals surface area contributed by atoms with Crippen LogP contribution in [0.4, 0.5) is 4.79 Å². The Balaban J connectivity index is 2.24. The molecular weight excluding hydrogens is 170 g/mol. The first-order valence-electron chi connectivity index (χ1n) is 3.86. The Bertz CT molecular complexity index is 300. The van der Waals surface area contributed by atoms with Gasteiger partial charge in [0.25, 0.3) is 0 Å². The lowest BCUT2D eigenvalue weighted by molar-refractivity contribution is 0.147. The number of carbonyl (C=O) groups excluding carboxylic acids is 1. The topological polar surface area (TPSA) is 67.9 Å². The van der Waals surface area contributed by atoms with Gasteiger partial charge in [0.15, 0.2) is 0 Å². The smallest absolute Gasteiger partial charge is 0.419 e. The standard InChI is InChI=1S/C8H9N3O2/c9-3-1-2-6-13-8(12)11-5-4-10-7-11/h4-5,7H,1-2,6H2. The van der Waals surface area contributed by atoms with Crippen molar-refractivity contribution in [3.8, 4) is 6.07 Å². The average Bonchev–Trinajstić information content (AvgIpc) is 2.65. The summed E-state index contributed by atoms with van der Waals surface area (Å²) in [7, 11) is 0. The van der Waals surface area contributed by atoms with Crippen LogP contribution < -0.4 is 0 Å². The van der Waals surface area contributed by atoms with E-state index in [1.54, 1.807) is 0 Å². The Morgan fingerprint density at radius 1 is 1.69 bits per heavy atom. The fourth-order valence-electron chi connectivity index (χ4n) is 0.752. The van der Waals surface area contributed by atoms with Gasteiger partial charge >= 0.3 is 6.09 Å². The molecule has 0 N–H and O–H groups in total. The van der Waals surface area contributed by atoms with Crippen LogP contribution in [0.1, 0.15) is 12.8 Å². The number of hydrogen-bond acceptors (Lipinski definition) is 4. The number of nitriles is 1. The summed E-state index contributed by atoms with van der Waals surface area (Å²) in [6, 6.07) is 1.97. The van der Waals surface area contributed by atoms with Gasteiger partial charge in [-0.15, -0.1) is 0 Å². The molecule has 0 aliphatic carbocycles. The van der Waals surface area contributed by atoms with Crippen molar-refractivity contribution in [2.24, 2.45) is 0 Å². The van der Waals surface area contributed by atoms with Crippen LogP contribution in [0.5, 0.6) is 0 Å². The summed E-state index contributed by atoms with van der Waals surface area (Å²) in [6.07, 6.45) is 4.87. The molecule has 0 bridgehead atoms. The first kappa shape index (κ1) is 9.26. The molecule has 0 radical (unpaired) electrons. The lowest BCUT2D eigenvalue weighted by Crippen LogP contribution is -2.12. The molecule has 0 aliphatic heterocycles. The van der Waals surface area contributed by atoms with Gasteiger partial charge in [-0.2, -0.15) is 5.26 Å². The average molecular weight is 179 g/mol. The first-order chi connectivity index (χ1) is 6.34. The van der Waals surface area contributed by atoms with E-state index >= 15 is 0 Å². The van der Waals surface area contributed by atoms with Gasteiger partial charge in [-0.1, -0.05) is 0 Å². The monoisotopic (exact) mass is 179 g/mol. The Hall–Kier alpha value is -1.83. The Labute approximate surface area is 75.6 Å². The van der Waals surface area contributed by atoms with Gasteiger partial charge in [-0.3, -0.25) is 0 Å². The van der Waals surface area contributed by atoms with Crippen molar-refractivity contribution in [2.45, 2.75) is 12.8 Å². The molecule has 0 amide bonds. The van der Waals surface area contributed by atoms with Gasteiger partial charge in [0.05, 0.1) is 12.7 Å². The number of rotatable bonds is 3. The van der Waals surface area contributed by atoms with Crippen molar-refractivity contribution in [2.75, 3.05) is 6.61 Å². The molecule has 0 unspecified atom stereocenters. The van der Waals surface area contributed by atoms with E-state index in [1.807, 2.05) is 6.07 Å². The molecule has 0 fully saturated rings. The zero-order valence-corrected chi connectivity index (χ0v) is 7.01. The predicted octanol–water partition coefficient (Wildman–Crippen LogP) is 1.17. The summed E-state index contributed by atoms with van der Waals surface area (Å²) in [6.45, 7) is 0.268. The molecule has 68 valence electrons. The van der Waals surface area contributed by atoms with Crippen molar-refractivity contribution >= 4 is 6.09 Å². The number of aromatic nitrogens is 2. The SMILES string of the molecule is N#CCCCOC(=O)n1ccnc1. The van der Waals surface area contributed by atoms with Crippen LogP contribution in [0.3, 0.4) is 0 Å². The first-order valence-corrected chi connectivity index (χ1v) is 3.86. The van der Waals surface area contributed by atoms with Crippen LogP contribution in [0.15, 0.2) is 18.7 Å². The van der Waals surface area contributed by atoms with E-state index in [0.717, 1.165) is 0 Å². The molecule has 1 aromatic heterocycles. The molecule has 0 saturated carbocycles. The van der Waals surface area contributed by atoms with Crippen LogP contribution in [-0.2, 0) is 4.74 Å². The molecule has 1 aromatic rings. The number of hydrogen-bond donors (Lipinski definition) is 0. The second-order valence-electron chi connectivity index (χ2n) is 2.35. The normalized spacial score (nSPS) is 9.15. The van der Waals surface area contributed by atoms with Gasteiger partial charge in [0, 0.05) is 18.8 Å². The summed E-state index contributed by atoms with van der Waals surface area (Å²) in [5.74, 6) is 0. The summed E-state index contributed by atoms with van der Waals surface area (Å²) >= 11 is 0. The molecule has 13 heavy (non-hydrogen) atoms. The number of ether oxygens (including phenoxy) is 1. The van der Waals surface area contributed by atoms with E-state index < -0.39 is 6.09 Å². The number of nitrogens with zero attached hydrogens (tertiary/aromatic N) is 3. The highest BCUT2D eigenvalue weighted by Crippen LogP contribution is 1.93. The molecule has 0 aromatic carbocycles. The lowest BCUT2D eigenvalue weighted by Gasteiger charge is -2.01. The zero-order valence-electron chi connectivity index (χ0n) is 7.01. The summed E-state index contributed by atoms with van der Waals surface area (Å²) in [5.41, 5.74) is 0. The summed E-state index contributed by atoms with van der Waals surface area (Å²) in [4.78, 5) is 14.8. The van der Waals surface area contributed by atoms with Crippen LogP contribution in [0.25, 0.3) is 0 Å². The van der Waals surface area contributed by atoms with Gasteiger partial charge in [0.1, 0.15) is 6.33 Å². The Kier molecular flexibility index (Phi) is 3.51. The number of carbonyl (C=O) groups is 1. The maximum atomic E-state index is 11.1. The fourth-order valence-corrected chi connectivity index (χ4v) is 0.752. The van der Waals surface area contributed by atoms with Crippen LogP contribution in [0.2, 0.25) is 0 Å². The molecule has 0 aliphatic rings. The minimum absolute atomic E-state index is 0.268. The Morgan fingerprint density at radius 2 is 2.54 bits per heavy atom. The van der Waals surface area contributed by atoms with E-state index in [1.165, 1.54) is 23.3 Å². The lowest BCUT2D eigenvalue weighted by atomic mass is 10.3. The maximum absolute atomic E-state index is 11.1. The van der Waals surface area contributed by atoms with Gasteiger partial charge in [-0.25, -0.2) is 14.3 Å². The number of unbranched alkanes of at least 4 members (excludes halogenated alkanes) is 1. The molecule has 5 nitrogen and oxygen atoms in total. The Morgan fingerprint density at radius 3 is 3.15 bits per heavy atom. The molecule has 1 rings (SSSR count). The minimum atomic E-state index is -0.463. The van der Waals surface area contributed by atoms with Crippen molar-refractivity contribution in [1.29, 1.82) is 5.26 Å². The van der Waals surface area contributed by atoms with Gasteiger partial charge in [-0.05, 0) is 6.42 Å². The quantitative estimate of drug-likeness (QED) is 0.653. The van der Waals surface area contributed by atoms with Crippen molar-refractivity contribution in [3.05, 3.63) is 18.7 Å². The van der Waals surface area contributed by atoms with E-state index in [0.29, 0.717) is 12.8 Å². The highest BCUT2D eigenvalue weighted by Gasteiger charge is 2.02. The largest absolute Gasteiger partial charge is 0.449 e. The molecule has 0 saturated heterocycles. The zero-order chi connectivity index (χ0) is 9.52. The second-order valence-corrected chi connectivity index (χ2v) is 2.35. The third kappa shape index (κ3) is 2.95. The van der Waals surface area contributed by atoms with Gasteiger partial charge < -0.3 is 4.74 Å². The van der Waals surface area contributed by atoms with Crippen molar-refractivity contribution < 1.29 is 9.53 Å². The molecule has 1 heterocycles. The predicted molar refractivity (Wildman–Crippen MR) is 43.8 cm³/mol. The van der Waals surface area contributed by atoms with Crippen molar-refractivity contribution in [1.82, 2.24) is 9.55 Å². The van der Waals surface area contributed by atoms with E-state index in [9.17, 15) is 4.79 Å². The third-order valence-corrected chi connectivity index (χ3v) is 1.37. The van der Waals surface area contributed by atoms with E-state index in [-0.39, 0.29) is 6.61 Å². The number of imidazole rings is 1. The summed E-state index contributed by atoms with van der Waals surface area (Å²) < 4.78 is 6.06. The molecule has 0 atom stereocenters. The third-order valence-electron chi connectivity index (χ3n) is 1.37. The second kappa shape index (κ2) is 4.93. The summed E-state index contributed by atoms with van der Waals surface area (Å²) in [5, 5.41) is 8.21. The highest BCUT2D eigenvalue weighted by atomic mass is 16.5. The maximum Gasteiger partial charge on any atom is 0.419 e. The molecular formula is C8H9N3O2. The fraction of sp³-hybridized carbons (Fsp3) is 0.375. The van der Waals surface area contributed by atoms with E-state index in [4.69, 9.17) is 10.00 Å². The highest BCUT2D eigenvalue weighted by molar-refractivity contribution is 5.69. The minimum Gasteiger partial charge on any atom is -0.449 e. The van der Waals surface area contributed by atoms with E-state index in [2.05, 4.69) is 4.98 Å².